The molecule has 5 atom stereocenters. The van der Waals surface area contributed by atoms with Crippen molar-refractivity contribution in [3.8, 4) is 0 Å². The van der Waals surface area contributed by atoms with Crippen LogP contribution in [0.25, 0.3) is 0 Å². The highest BCUT2D eigenvalue weighted by Crippen LogP contribution is 2.10. The van der Waals surface area contributed by atoms with Gasteiger partial charge in [0.2, 0.25) is 17.7 Å². The Morgan fingerprint density at radius 2 is 1.26 bits per heavy atom. The third kappa shape index (κ3) is 15.0. The third-order valence-corrected chi connectivity index (χ3v) is 5.67. The van der Waals surface area contributed by atoms with E-state index in [0.29, 0.717) is 12.8 Å². The van der Waals surface area contributed by atoms with E-state index in [1.807, 2.05) is 0 Å². The molecule has 0 aromatic rings. The lowest BCUT2D eigenvalue weighted by Gasteiger charge is -2.26. The van der Waals surface area contributed by atoms with E-state index in [1.54, 1.807) is 13.8 Å². The number of amides is 3. The molecule has 0 radical (unpaired) electrons. The van der Waals surface area contributed by atoms with Crippen molar-refractivity contribution in [2.24, 2.45) is 44.6 Å². The van der Waals surface area contributed by atoms with Gasteiger partial charge in [-0.15, -0.1) is 0 Å². The van der Waals surface area contributed by atoms with Gasteiger partial charge in [-0.05, 0) is 31.6 Å². The number of hydrogen-bond acceptors (Lipinski definition) is 8. The van der Waals surface area contributed by atoms with Gasteiger partial charge in [0.15, 0.2) is 11.9 Å². The molecule has 3 amide bonds. The quantitative estimate of drug-likeness (QED) is 0.0419. The fourth-order valence-electron chi connectivity index (χ4n) is 3.29. The van der Waals surface area contributed by atoms with Gasteiger partial charge in [0.1, 0.15) is 18.1 Å². The number of carboxylic acid groups (broad SMARTS) is 2. The summed E-state index contributed by atoms with van der Waals surface area (Å²) < 4.78 is 0. The Morgan fingerprint density at radius 1 is 0.769 bits per heavy atom. The van der Waals surface area contributed by atoms with E-state index in [4.69, 9.17) is 28.7 Å². The summed E-state index contributed by atoms with van der Waals surface area (Å²) in [5.74, 6) is -5.95. The predicted octanol–water partition coefficient (Wildman–Crippen LogP) is -3.52. The molecule has 0 aliphatic rings. The second-order valence-electron chi connectivity index (χ2n) is 8.93. The molecule has 222 valence electrons. The minimum Gasteiger partial charge on any atom is -0.481 e. The Balaban J connectivity index is 5.62. The molecule has 0 aromatic carbocycles. The van der Waals surface area contributed by atoms with Crippen LogP contribution in [-0.4, -0.2) is 89.0 Å². The summed E-state index contributed by atoms with van der Waals surface area (Å²) in [5, 5.41) is 25.9. The van der Waals surface area contributed by atoms with Crippen molar-refractivity contribution < 1.29 is 34.2 Å². The van der Waals surface area contributed by atoms with Crippen LogP contribution in [0.5, 0.6) is 0 Å². The highest BCUT2D eigenvalue weighted by Gasteiger charge is 2.32. The van der Waals surface area contributed by atoms with E-state index in [1.165, 1.54) is 0 Å². The zero-order valence-corrected chi connectivity index (χ0v) is 22.3. The number of aliphatic carboxylic acids is 2. The van der Waals surface area contributed by atoms with Gasteiger partial charge in [0, 0.05) is 13.1 Å². The normalized spacial score (nSPS) is 14.4. The van der Waals surface area contributed by atoms with Crippen LogP contribution in [0.4, 0.5) is 0 Å². The molecule has 5 unspecified atom stereocenters. The van der Waals surface area contributed by atoms with Gasteiger partial charge in [-0.2, -0.15) is 0 Å². The van der Waals surface area contributed by atoms with Crippen LogP contribution >= 0.6 is 0 Å². The summed E-state index contributed by atoms with van der Waals surface area (Å²) in [6.45, 7) is 3.73. The molecule has 0 spiro atoms. The van der Waals surface area contributed by atoms with E-state index in [0.717, 1.165) is 0 Å². The molecule has 0 aliphatic heterocycles. The zero-order chi connectivity index (χ0) is 30.1. The average molecular weight is 559 g/mol. The van der Waals surface area contributed by atoms with E-state index in [2.05, 4.69) is 25.9 Å². The summed E-state index contributed by atoms with van der Waals surface area (Å²) in [5.41, 5.74) is 26.9. The number of carbonyl (C=O) groups is 5. The van der Waals surface area contributed by atoms with E-state index in [-0.39, 0.29) is 44.3 Å². The molecule has 0 aromatic heterocycles. The van der Waals surface area contributed by atoms with Crippen LogP contribution < -0.4 is 44.6 Å². The van der Waals surface area contributed by atoms with Crippen LogP contribution in [0.15, 0.2) is 9.98 Å². The first-order valence-electron chi connectivity index (χ1n) is 12.4. The molecule has 0 bridgehead atoms. The Kier molecular flexibility index (Phi) is 16.2. The van der Waals surface area contributed by atoms with Crippen molar-refractivity contribution >= 4 is 41.6 Å². The smallest absolute Gasteiger partial charge is 0.326 e. The number of aliphatic imine (C=N–C) groups is 2. The Bertz CT molecular complexity index is 904. The molecule has 17 nitrogen and oxygen atoms in total. The summed E-state index contributed by atoms with van der Waals surface area (Å²) in [6.07, 6.45) is 0.351. The molecule has 0 rings (SSSR count). The molecular weight excluding hydrogens is 516 g/mol. The lowest BCUT2D eigenvalue weighted by Crippen LogP contribution is -2.58. The van der Waals surface area contributed by atoms with E-state index in [9.17, 15) is 34.2 Å². The number of hydrogen-bond donors (Lipinski definition) is 10. The number of nitrogens with one attached hydrogen (secondary N) is 3. The molecule has 15 N–H and O–H groups in total. The molecule has 17 heteroatoms. The first kappa shape index (κ1) is 34.9. The van der Waals surface area contributed by atoms with Gasteiger partial charge in [0.05, 0.1) is 12.5 Å². The van der Waals surface area contributed by atoms with Crippen molar-refractivity contribution in [3.05, 3.63) is 0 Å². The minimum atomic E-state index is -1.57. The number of rotatable bonds is 19. The van der Waals surface area contributed by atoms with Crippen molar-refractivity contribution in [1.29, 1.82) is 0 Å². The number of carboxylic acids is 2. The van der Waals surface area contributed by atoms with Crippen molar-refractivity contribution in [2.75, 3.05) is 13.1 Å². The maximum Gasteiger partial charge on any atom is 0.326 e. The van der Waals surface area contributed by atoms with E-state index >= 15 is 0 Å². The monoisotopic (exact) mass is 558 g/mol. The Labute approximate surface area is 226 Å². The molecule has 0 heterocycles. The van der Waals surface area contributed by atoms with Gasteiger partial charge in [-0.25, -0.2) is 4.79 Å². The zero-order valence-electron chi connectivity index (χ0n) is 22.3. The first-order chi connectivity index (χ1) is 18.2. The van der Waals surface area contributed by atoms with Crippen LogP contribution in [-0.2, 0) is 24.0 Å². The molecule has 0 fully saturated rings. The van der Waals surface area contributed by atoms with Gasteiger partial charge < -0.3 is 54.8 Å². The molecular formula is C22H42N10O7. The van der Waals surface area contributed by atoms with Crippen LogP contribution in [0, 0.1) is 5.92 Å². The van der Waals surface area contributed by atoms with Crippen LogP contribution in [0.1, 0.15) is 52.4 Å². The fraction of sp³-hybridized carbons (Fsp3) is 0.682. The van der Waals surface area contributed by atoms with Gasteiger partial charge in [-0.1, -0.05) is 20.3 Å². The Morgan fingerprint density at radius 3 is 1.72 bits per heavy atom. The first-order valence-corrected chi connectivity index (χ1v) is 12.4. The van der Waals surface area contributed by atoms with Crippen molar-refractivity contribution in [3.63, 3.8) is 0 Å². The van der Waals surface area contributed by atoms with Crippen molar-refractivity contribution in [1.82, 2.24) is 16.0 Å². The number of nitrogens with zero attached hydrogens (tertiary/aromatic N) is 2. The molecule has 0 aliphatic carbocycles. The van der Waals surface area contributed by atoms with Crippen LogP contribution in [0.2, 0.25) is 0 Å². The summed E-state index contributed by atoms with van der Waals surface area (Å²) in [6, 6.07) is -5.17. The summed E-state index contributed by atoms with van der Waals surface area (Å²) in [4.78, 5) is 69.1. The van der Waals surface area contributed by atoms with Gasteiger partial charge >= 0.3 is 11.9 Å². The number of nitrogens with two attached hydrogens (primary N) is 5. The highest BCUT2D eigenvalue weighted by molar-refractivity contribution is 5.95. The third-order valence-electron chi connectivity index (χ3n) is 5.67. The standard InChI is InChI=1S/C22H42N10O7/c1-3-11(2)16(20(38)39)32-18(36)13(7-5-9-29-22(26)27)30-19(37)14(10-15(33)34)31-17(35)12(23)6-4-8-28-21(24)25/h11-14,16H,3-10,23H2,1-2H3,(H,30,37)(H,31,35)(H,32,36)(H,33,34)(H,38,39)(H4,24,25,28)(H4,26,27,29). The van der Waals surface area contributed by atoms with E-state index < -0.39 is 66.2 Å². The second-order valence-corrected chi connectivity index (χ2v) is 8.93. The predicted molar refractivity (Wildman–Crippen MR) is 143 cm³/mol. The summed E-state index contributed by atoms with van der Waals surface area (Å²) in [7, 11) is 0. The SMILES string of the molecule is CCC(C)C(NC(=O)C(CCCN=C(N)N)NC(=O)C(CC(=O)O)NC(=O)C(N)CCCN=C(N)N)C(=O)O. The van der Waals surface area contributed by atoms with Gasteiger partial charge in [0.25, 0.3) is 0 Å². The lowest BCUT2D eigenvalue weighted by molar-refractivity contribution is -0.144. The maximum atomic E-state index is 13.0. The minimum absolute atomic E-state index is 0.0146. The fourth-order valence-corrected chi connectivity index (χ4v) is 3.29. The summed E-state index contributed by atoms with van der Waals surface area (Å²) >= 11 is 0. The van der Waals surface area contributed by atoms with Gasteiger partial charge in [-0.3, -0.25) is 29.2 Å². The number of guanidine groups is 2. The lowest BCUT2D eigenvalue weighted by atomic mass is 9.98. The van der Waals surface area contributed by atoms with Crippen LogP contribution in [0.3, 0.4) is 0 Å². The second kappa shape index (κ2) is 18.2. The number of carbonyl (C=O) groups excluding carboxylic acids is 3. The van der Waals surface area contributed by atoms with Crippen molar-refractivity contribution in [2.45, 2.75) is 76.5 Å². The highest BCUT2D eigenvalue weighted by atomic mass is 16.4. The molecule has 0 saturated heterocycles. The Hall–Kier alpha value is -4.15. The average Bonchev–Trinajstić information content (AvgIpc) is 2.84. The molecule has 0 saturated carbocycles. The largest absolute Gasteiger partial charge is 0.481 e. The maximum absolute atomic E-state index is 13.0. The molecule has 39 heavy (non-hydrogen) atoms. The topological polar surface area (TPSA) is 317 Å².